The van der Waals surface area contributed by atoms with Crippen molar-refractivity contribution in [2.45, 2.75) is 102 Å². The number of aliphatic hydroxyl groups excluding tert-OH is 2. The second-order valence-corrected chi connectivity index (χ2v) is 15.8. The number of unbranched alkanes of at least 4 members (excludes halogenated alkanes) is 1. The molecule has 0 radical (unpaired) electrons. The van der Waals surface area contributed by atoms with Gasteiger partial charge < -0.3 is 30.1 Å². The molecule has 13 heteroatoms. The number of fused-ring (bicyclic) bond motifs is 3. The fourth-order valence-electron chi connectivity index (χ4n) is 10.2. The van der Waals surface area contributed by atoms with Crippen LogP contribution in [-0.2, 0) is 9.30 Å². The summed E-state index contributed by atoms with van der Waals surface area (Å²) in [5.74, 6) is 1.31. The Balaban J connectivity index is 1.14. The minimum atomic E-state index is -4.07. The maximum absolute atomic E-state index is 11.1. The number of hydrogen-bond donors (Lipinski definition) is 5. The smallest absolute Gasteiger partial charge is 0.325 e. The molecule has 1 spiro atoms. The predicted octanol–water partition coefficient (Wildman–Crippen LogP) is 3.61. The Morgan fingerprint density at radius 3 is 2.67 bits per heavy atom. The van der Waals surface area contributed by atoms with Gasteiger partial charge in [-0.05, 0) is 85.1 Å². The van der Waals surface area contributed by atoms with E-state index in [0.717, 1.165) is 19.3 Å². The summed E-state index contributed by atoms with van der Waals surface area (Å²) in [5.41, 5.74) is 2.08. The standard InChI is InChI=1S/C26H37ClN5O6P/c1-23-7-14-8-25(11-24(2,10-23)26(23,9-14)12-25)31-19-16-20(30-22(27)29-19)32(13-28-16)21-18(34)17(33)15(38-21)5-3-4-6-39(35,36)37/h13-15,17-18,21,33-34H,3-12H2,1-2H3,(H,29,30,31)(H2,35,36,37)/t14-,15+,17?,18?,21+,23-,24+,25-,26?/m0/s1. The first-order valence-electron chi connectivity index (χ1n) is 14.0. The molecular formula is C26H37ClN5O6P. The van der Waals surface area contributed by atoms with Crippen LogP contribution in [0.1, 0.15) is 77.9 Å². The van der Waals surface area contributed by atoms with Crippen LogP contribution in [0.5, 0.6) is 0 Å². The zero-order chi connectivity index (χ0) is 27.6. The summed E-state index contributed by atoms with van der Waals surface area (Å²) < 4.78 is 18.7. The van der Waals surface area contributed by atoms with Gasteiger partial charge in [-0.2, -0.15) is 9.97 Å². The molecule has 0 aromatic carbocycles. The van der Waals surface area contributed by atoms with Crippen molar-refractivity contribution in [3.8, 4) is 0 Å². The van der Waals surface area contributed by atoms with E-state index in [1.807, 2.05) is 0 Å². The monoisotopic (exact) mass is 581 g/mol. The van der Waals surface area contributed by atoms with Gasteiger partial charge in [0.25, 0.3) is 0 Å². The summed E-state index contributed by atoms with van der Waals surface area (Å²) in [5, 5.41) is 25.4. The molecule has 7 rings (SSSR count). The molecule has 3 heterocycles. The van der Waals surface area contributed by atoms with Crippen LogP contribution in [0.3, 0.4) is 0 Å². The lowest BCUT2D eigenvalue weighted by Crippen LogP contribution is -2.57. The average molecular weight is 582 g/mol. The Labute approximate surface area is 231 Å². The third-order valence-electron chi connectivity index (χ3n) is 11.1. The Morgan fingerprint density at radius 1 is 1.10 bits per heavy atom. The van der Waals surface area contributed by atoms with Gasteiger partial charge in [-0.25, -0.2) is 4.98 Å². The fourth-order valence-corrected chi connectivity index (χ4v) is 11.0. The summed E-state index contributed by atoms with van der Waals surface area (Å²) in [7, 11) is -4.07. The van der Waals surface area contributed by atoms with Gasteiger partial charge in [0.2, 0.25) is 5.28 Å². The van der Waals surface area contributed by atoms with E-state index in [1.54, 1.807) is 4.57 Å². The second-order valence-electron chi connectivity index (χ2n) is 13.7. The highest BCUT2D eigenvalue weighted by atomic mass is 35.5. The molecule has 9 atom stereocenters. The van der Waals surface area contributed by atoms with Crippen molar-refractivity contribution in [2.24, 2.45) is 22.2 Å². The SMILES string of the molecule is C[C@@]12C[C@@H]3CC14C[C@](Nc1nc(Cl)nc5c1ncn5[C@@H]1O[C@H](CCCCP(=O)(O)O)C(O)C1O)(C3)C[C@@]4(C)C2. The first kappa shape index (κ1) is 26.6. The summed E-state index contributed by atoms with van der Waals surface area (Å²) in [6.45, 7) is 4.96. The molecule has 2 aromatic rings. The number of halogens is 1. The maximum atomic E-state index is 11.1. The minimum absolute atomic E-state index is 0.0575. The maximum Gasteiger partial charge on any atom is 0.325 e. The third kappa shape index (κ3) is 3.80. The third-order valence-corrected chi connectivity index (χ3v) is 12.2. The van der Waals surface area contributed by atoms with E-state index in [-0.39, 0.29) is 17.0 Å². The highest BCUT2D eigenvalue weighted by Gasteiger charge is 2.80. The molecule has 1 aliphatic heterocycles. The van der Waals surface area contributed by atoms with Crippen LogP contribution >= 0.6 is 19.2 Å². The van der Waals surface area contributed by atoms with Crippen molar-refractivity contribution < 1.29 is 29.3 Å². The molecule has 5 aliphatic rings. The molecule has 1 saturated heterocycles. The fraction of sp³-hybridized carbons (Fsp3) is 0.808. The highest BCUT2D eigenvalue weighted by Crippen LogP contribution is 2.87. The van der Waals surface area contributed by atoms with Crippen LogP contribution in [0.4, 0.5) is 5.82 Å². The number of aliphatic hydroxyl groups is 2. The van der Waals surface area contributed by atoms with Gasteiger partial charge in [0.05, 0.1) is 12.4 Å². The Kier molecular flexibility index (Phi) is 5.70. The zero-order valence-electron chi connectivity index (χ0n) is 22.3. The van der Waals surface area contributed by atoms with Crippen molar-refractivity contribution in [1.82, 2.24) is 19.5 Å². The lowest BCUT2D eigenvalue weighted by Gasteiger charge is -2.64. The van der Waals surface area contributed by atoms with Crippen LogP contribution in [0, 0.1) is 22.2 Å². The molecule has 4 aliphatic carbocycles. The van der Waals surface area contributed by atoms with Gasteiger partial charge in [0, 0.05) is 11.7 Å². The van der Waals surface area contributed by atoms with Gasteiger partial charge >= 0.3 is 7.60 Å². The molecule has 4 saturated carbocycles. The van der Waals surface area contributed by atoms with Crippen LogP contribution in [-0.4, -0.2) is 69.5 Å². The number of imidazole rings is 1. The molecule has 3 bridgehead atoms. The van der Waals surface area contributed by atoms with Crippen molar-refractivity contribution in [3.05, 3.63) is 11.6 Å². The number of aromatic nitrogens is 4. The van der Waals surface area contributed by atoms with Gasteiger partial charge in [-0.15, -0.1) is 0 Å². The average Bonchev–Trinajstić information content (AvgIpc) is 3.44. The van der Waals surface area contributed by atoms with Crippen molar-refractivity contribution in [1.29, 1.82) is 0 Å². The largest absolute Gasteiger partial charge is 0.388 e. The molecule has 5 N–H and O–H groups in total. The van der Waals surface area contributed by atoms with E-state index in [0.29, 0.717) is 58.4 Å². The first-order valence-corrected chi connectivity index (χ1v) is 16.2. The molecular weight excluding hydrogens is 545 g/mol. The van der Waals surface area contributed by atoms with E-state index in [4.69, 9.17) is 26.1 Å². The Hall–Kier alpha value is -1.33. The number of nitrogens with zero attached hydrogens (tertiary/aromatic N) is 4. The van der Waals surface area contributed by atoms with Crippen LogP contribution in [0.25, 0.3) is 11.2 Å². The topological polar surface area (TPSA) is 163 Å². The van der Waals surface area contributed by atoms with E-state index >= 15 is 0 Å². The van der Waals surface area contributed by atoms with Gasteiger partial charge in [-0.3, -0.25) is 9.13 Å². The molecule has 2 aromatic heterocycles. The Morgan fingerprint density at radius 2 is 1.90 bits per heavy atom. The normalized spacial score (nSPS) is 44.2. The summed E-state index contributed by atoms with van der Waals surface area (Å²) in [4.78, 5) is 31.7. The molecule has 11 nitrogen and oxygen atoms in total. The number of anilines is 1. The summed E-state index contributed by atoms with van der Waals surface area (Å²) >= 11 is 6.43. The van der Waals surface area contributed by atoms with Crippen LogP contribution < -0.4 is 5.32 Å². The molecule has 214 valence electrons. The first-order chi connectivity index (χ1) is 18.3. The van der Waals surface area contributed by atoms with E-state index in [1.165, 1.54) is 25.6 Å². The number of nitrogens with one attached hydrogen (secondary N) is 1. The second kappa shape index (κ2) is 8.37. The number of hydrogen-bond acceptors (Lipinski definition) is 8. The lowest BCUT2D eigenvalue weighted by molar-refractivity contribution is -0.157. The summed E-state index contributed by atoms with van der Waals surface area (Å²) in [6, 6.07) is 0. The van der Waals surface area contributed by atoms with Crippen LogP contribution in [0.2, 0.25) is 5.28 Å². The molecule has 3 unspecified atom stereocenters. The van der Waals surface area contributed by atoms with Crippen molar-refractivity contribution >= 4 is 36.2 Å². The lowest BCUT2D eigenvalue weighted by atomic mass is 9.40. The Bertz CT molecular complexity index is 1390. The quantitative estimate of drug-likeness (QED) is 0.177. The van der Waals surface area contributed by atoms with Gasteiger partial charge in [0.15, 0.2) is 23.2 Å². The number of ether oxygens (including phenoxy) is 1. The highest BCUT2D eigenvalue weighted by molar-refractivity contribution is 7.51. The summed E-state index contributed by atoms with van der Waals surface area (Å²) in [6.07, 6.45) is 5.69. The number of rotatable bonds is 8. The van der Waals surface area contributed by atoms with E-state index in [9.17, 15) is 14.8 Å². The molecule has 0 amide bonds. The van der Waals surface area contributed by atoms with Crippen molar-refractivity contribution in [3.63, 3.8) is 0 Å². The zero-order valence-corrected chi connectivity index (χ0v) is 23.9. The predicted molar refractivity (Wildman–Crippen MR) is 143 cm³/mol. The minimum Gasteiger partial charge on any atom is -0.388 e. The van der Waals surface area contributed by atoms with Gasteiger partial charge in [0.1, 0.15) is 12.2 Å². The molecule has 39 heavy (non-hydrogen) atoms. The van der Waals surface area contributed by atoms with Crippen LogP contribution in [0.15, 0.2) is 6.33 Å². The van der Waals surface area contributed by atoms with Gasteiger partial charge in [-0.1, -0.05) is 20.3 Å². The van der Waals surface area contributed by atoms with E-state index < -0.39 is 32.1 Å². The van der Waals surface area contributed by atoms with Crippen molar-refractivity contribution in [2.75, 3.05) is 11.5 Å². The van der Waals surface area contributed by atoms with E-state index in [2.05, 4.69) is 34.1 Å². The molecule has 5 fully saturated rings.